The van der Waals surface area contributed by atoms with Crippen molar-refractivity contribution in [2.45, 2.75) is 6.92 Å². The van der Waals surface area contributed by atoms with Crippen LogP contribution >= 0.6 is 0 Å². The maximum absolute atomic E-state index is 13.4. The van der Waals surface area contributed by atoms with Crippen molar-refractivity contribution in [1.29, 1.82) is 0 Å². The Hall–Kier alpha value is -2.63. The van der Waals surface area contributed by atoms with E-state index in [0.29, 0.717) is 11.4 Å². The molecule has 2 aromatic carbocycles. The highest BCUT2D eigenvalue weighted by atomic mass is 19.1. The monoisotopic (exact) mass is 292 g/mol. The zero-order chi connectivity index (χ0) is 15.4. The van der Waals surface area contributed by atoms with Gasteiger partial charge in [0.2, 0.25) is 0 Å². The predicted octanol–water partition coefficient (Wildman–Crippen LogP) is 3.93. The highest BCUT2D eigenvalue weighted by Crippen LogP contribution is 2.21. The third-order valence-electron chi connectivity index (χ3n) is 2.86. The number of ether oxygens (including phenoxy) is 1. The van der Waals surface area contributed by atoms with Gasteiger partial charge in [-0.05, 0) is 42.8 Å². The molecule has 0 aliphatic rings. The van der Waals surface area contributed by atoms with Gasteiger partial charge in [0, 0.05) is 11.8 Å². The number of amides is 2. The van der Waals surface area contributed by atoms with Gasteiger partial charge in [0.05, 0.1) is 12.8 Å². The molecular formula is C15H14F2N2O2. The van der Waals surface area contributed by atoms with Gasteiger partial charge in [-0.2, -0.15) is 0 Å². The fourth-order valence-corrected chi connectivity index (χ4v) is 1.77. The number of anilines is 2. The number of nitrogens with one attached hydrogen (secondary N) is 2. The maximum Gasteiger partial charge on any atom is 0.323 e. The number of aryl methyl sites for hydroxylation is 1. The molecular weight excluding hydrogens is 278 g/mol. The Labute approximate surface area is 120 Å². The standard InChI is InChI=1S/C15H14F2N2O2/c1-9-7-11(21-2)4-6-13(9)18-15(20)19-14-8-10(16)3-5-12(14)17/h3-8H,1-2H3,(H2,18,19,20). The first-order valence-corrected chi connectivity index (χ1v) is 6.17. The number of methoxy groups -OCH3 is 1. The Bertz CT molecular complexity index is 675. The third kappa shape index (κ3) is 3.68. The lowest BCUT2D eigenvalue weighted by molar-refractivity contribution is 0.262. The lowest BCUT2D eigenvalue weighted by atomic mass is 10.2. The van der Waals surface area contributed by atoms with E-state index in [0.717, 1.165) is 23.8 Å². The van der Waals surface area contributed by atoms with Gasteiger partial charge in [0.25, 0.3) is 0 Å². The largest absolute Gasteiger partial charge is 0.497 e. The molecule has 0 aliphatic heterocycles. The van der Waals surface area contributed by atoms with Crippen molar-refractivity contribution in [3.8, 4) is 5.75 Å². The van der Waals surface area contributed by atoms with Crippen LogP contribution in [0.4, 0.5) is 25.0 Å². The van der Waals surface area contributed by atoms with Crippen molar-refractivity contribution in [3.05, 3.63) is 53.6 Å². The quantitative estimate of drug-likeness (QED) is 0.900. The van der Waals surface area contributed by atoms with E-state index in [1.165, 1.54) is 0 Å². The topological polar surface area (TPSA) is 50.4 Å². The van der Waals surface area contributed by atoms with Crippen LogP contribution in [0.15, 0.2) is 36.4 Å². The number of urea groups is 1. The third-order valence-corrected chi connectivity index (χ3v) is 2.86. The van der Waals surface area contributed by atoms with Crippen molar-refractivity contribution in [3.63, 3.8) is 0 Å². The van der Waals surface area contributed by atoms with Crippen LogP contribution in [0, 0.1) is 18.6 Å². The minimum absolute atomic E-state index is 0.223. The molecule has 0 aliphatic carbocycles. The summed E-state index contributed by atoms with van der Waals surface area (Å²) in [5.41, 5.74) is 1.10. The molecule has 0 fully saturated rings. The van der Waals surface area contributed by atoms with Crippen LogP contribution in [-0.4, -0.2) is 13.1 Å². The van der Waals surface area contributed by atoms with E-state index in [4.69, 9.17) is 4.74 Å². The van der Waals surface area contributed by atoms with Crippen LogP contribution in [0.3, 0.4) is 0 Å². The fourth-order valence-electron chi connectivity index (χ4n) is 1.77. The van der Waals surface area contributed by atoms with Crippen LogP contribution in [0.25, 0.3) is 0 Å². The molecule has 0 saturated carbocycles. The minimum Gasteiger partial charge on any atom is -0.497 e. The highest BCUT2D eigenvalue weighted by molar-refractivity contribution is 6.00. The first-order valence-electron chi connectivity index (χ1n) is 6.17. The number of benzene rings is 2. The summed E-state index contributed by atoms with van der Waals surface area (Å²) in [6.45, 7) is 1.79. The van der Waals surface area contributed by atoms with E-state index < -0.39 is 17.7 Å². The van der Waals surface area contributed by atoms with Gasteiger partial charge in [0.15, 0.2) is 0 Å². The number of hydrogen-bond acceptors (Lipinski definition) is 2. The Morgan fingerprint density at radius 2 is 1.76 bits per heavy atom. The SMILES string of the molecule is COc1ccc(NC(=O)Nc2cc(F)ccc2F)c(C)c1. The zero-order valence-corrected chi connectivity index (χ0v) is 11.5. The van der Waals surface area contributed by atoms with Crippen molar-refractivity contribution in [1.82, 2.24) is 0 Å². The van der Waals surface area contributed by atoms with Crippen LogP contribution in [0.1, 0.15) is 5.56 Å². The molecule has 6 heteroatoms. The molecule has 21 heavy (non-hydrogen) atoms. The molecule has 110 valence electrons. The Morgan fingerprint density at radius 3 is 2.43 bits per heavy atom. The summed E-state index contributed by atoms with van der Waals surface area (Å²) >= 11 is 0. The van der Waals surface area contributed by atoms with E-state index in [2.05, 4.69) is 10.6 Å². The average Bonchev–Trinajstić information content (AvgIpc) is 2.45. The smallest absolute Gasteiger partial charge is 0.323 e. The Balaban J connectivity index is 2.10. The van der Waals surface area contributed by atoms with Gasteiger partial charge in [-0.25, -0.2) is 13.6 Å². The Morgan fingerprint density at radius 1 is 1.05 bits per heavy atom. The summed E-state index contributed by atoms with van der Waals surface area (Å²) in [4.78, 5) is 11.8. The summed E-state index contributed by atoms with van der Waals surface area (Å²) in [6, 6.07) is 7.28. The van der Waals surface area contributed by atoms with Crippen LogP contribution in [-0.2, 0) is 0 Å². The van der Waals surface area contributed by atoms with Crippen molar-refractivity contribution in [2.75, 3.05) is 17.7 Å². The number of carbonyl (C=O) groups is 1. The number of hydrogen-bond donors (Lipinski definition) is 2. The summed E-state index contributed by atoms with van der Waals surface area (Å²) in [7, 11) is 1.54. The van der Waals surface area contributed by atoms with Crippen LogP contribution in [0.2, 0.25) is 0 Å². The van der Waals surface area contributed by atoms with E-state index >= 15 is 0 Å². The number of rotatable bonds is 3. The molecule has 0 radical (unpaired) electrons. The molecule has 4 nitrogen and oxygen atoms in total. The van der Waals surface area contributed by atoms with E-state index in [1.54, 1.807) is 32.2 Å². The molecule has 0 bridgehead atoms. The van der Waals surface area contributed by atoms with Crippen LogP contribution < -0.4 is 15.4 Å². The van der Waals surface area contributed by atoms with Gasteiger partial charge in [-0.1, -0.05) is 0 Å². The van der Waals surface area contributed by atoms with E-state index in [9.17, 15) is 13.6 Å². The highest BCUT2D eigenvalue weighted by Gasteiger charge is 2.09. The van der Waals surface area contributed by atoms with Gasteiger partial charge in [-0.15, -0.1) is 0 Å². The van der Waals surface area contributed by atoms with Crippen molar-refractivity contribution < 1.29 is 18.3 Å². The molecule has 0 saturated heterocycles. The lowest BCUT2D eigenvalue weighted by Gasteiger charge is -2.11. The number of carbonyl (C=O) groups excluding carboxylic acids is 1. The minimum atomic E-state index is -0.710. The van der Waals surface area contributed by atoms with Gasteiger partial charge in [0.1, 0.15) is 17.4 Å². The van der Waals surface area contributed by atoms with E-state index in [1.807, 2.05) is 0 Å². The summed E-state index contributed by atoms with van der Waals surface area (Å²) in [6.07, 6.45) is 0. The van der Waals surface area contributed by atoms with Gasteiger partial charge < -0.3 is 15.4 Å². The maximum atomic E-state index is 13.4. The molecule has 0 heterocycles. The Kier molecular flexibility index (Phi) is 4.37. The first-order chi connectivity index (χ1) is 9.99. The van der Waals surface area contributed by atoms with Crippen LogP contribution in [0.5, 0.6) is 5.75 Å². The second-order valence-electron chi connectivity index (χ2n) is 4.38. The summed E-state index contributed by atoms with van der Waals surface area (Å²) in [5, 5.41) is 4.82. The zero-order valence-electron chi connectivity index (χ0n) is 11.5. The molecule has 0 atom stereocenters. The molecule has 2 N–H and O–H groups in total. The molecule has 2 aromatic rings. The summed E-state index contributed by atoms with van der Waals surface area (Å²) < 4.78 is 31.5. The second kappa shape index (κ2) is 6.21. The lowest BCUT2D eigenvalue weighted by Crippen LogP contribution is -2.20. The van der Waals surface area contributed by atoms with Crippen molar-refractivity contribution in [2.24, 2.45) is 0 Å². The molecule has 2 rings (SSSR count). The van der Waals surface area contributed by atoms with E-state index in [-0.39, 0.29) is 5.69 Å². The molecule has 0 aromatic heterocycles. The number of halogens is 2. The predicted molar refractivity (Wildman–Crippen MR) is 76.7 cm³/mol. The molecule has 0 spiro atoms. The summed E-state index contributed by atoms with van der Waals surface area (Å²) in [5.74, 6) is -0.681. The van der Waals surface area contributed by atoms with Crippen molar-refractivity contribution >= 4 is 17.4 Å². The second-order valence-corrected chi connectivity index (χ2v) is 4.38. The first kappa shape index (κ1) is 14.8. The fraction of sp³-hybridized carbons (Fsp3) is 0.133. The van der Waals surface area contributed by atoms with Gasteiger partial charge in [-0.3, -0.25) is 0 Å². The van der Waals surface area contributed by atoms with Gasteiger partial charge >= 0.3 is 6.03 Å². The molecule has 2 amide bonds. The normalized spacial score (nSPS) is 10.1. The molecule has 0 unspecified atom stereocenters. The average molecular weight is 292 g/mol.